The van der Waals surface area contributed by atoms with Gasteiger partial charge in [0, 0.05) is 24.3 Å². The number of benzene rings is 1. The van der Waals surface area contributed by atoms with Gasteiger partial charge in [-0.3, -0.25) is 4.79 Å². The van der Waals surface area contributed by atoms with Crippen molar-refractivity contribution >= 4 is 16.8 Å². The number of carbonyl (C=O) groups is 1. The summed E-state index contributed by atoms with van der Waals surface area (Å²) in [6.45, 7) is 3.37. The molecular weight excluding hydrogens is 245 g/mol. The van der Waals surface area contributed by atoms with E-state index in [1.807, 2.05) is 0 Å². The zero-order valence-electron chi connectivity index (χ0n) is 10.8. The van der Waals surface area contributed by atoms with Crippen molar-refractivity contribution in [1.29, 1.82) is 0 Å². The molecule has 5 heteroatoms. The van der Waals surface area contributed by atoms with Crippen molar-refractivity contribution in [3.8, 4) is 0 Å². The summed E-state index contributed by atoms with van der Waals surface area (Å²) in [5.74, 6) is -0.183. The molecule has 0 atom stereocenters. The molecule has 1 saturated heterocycles. The fraction of sp³-hybridized carbons (Fsp3) is 0.429. The summed E-state index contributed by atoms with van der Waals surface area (Å²) in [7, 11) is 0. The van der Waals surface area contributed by atoms with Crippen molar-refractivity contribution in [2.75, 3.05) is 13.1 Å². The smallest absolute Gasteiger partial charge is 0.244 e. The fourth-order valence-electron chi connectivity index (χ4n) is 2.75. The monoisotopic (exact) mass is 261 g/mol. The van der Waals surface area contributed by atoms with Crippen LogP contribution in [0.3, 0.4) is 0 Å². The molecule has 2 aromatic rings. The third-order valence-electron chi connectivity index (χ3n) is 3.70. The maximum Gasteiger partial charge on any atom is 0.244 e. The Morgan fingerprint density at radius 3 is 2.84 bits per heavy atom. The average molecular weight is 261 g/mol. The second-order valence-electron chi connectivity index (χ2n) is 5.00. The number of piperidine rings is 1. The lowest BCUT2D eigenvalue weighted by Gasteiger charge is -2.21. The molecular formula is C14H16FN3O. The molecule has 3 rings (SSSR count). The normalized spacial score (nSPS) is 16.9. The maximum atomic E-state index is 13.4. The number of fused-ring (bicyclic) bond motifs is 1. The van der Waals surface area contributed by atoms with Gasteiger partial charge in [-0.1, -0.05) is 0 Å². The van der Waals surface area contributed by atoms with E-state index < -0.39 is 0 Å². The van der Waals surface area contributed by atoms with Gasteiger partial charge < -0.3 is 5.32 Å². The van der Waals surface area contributed by atoms with Gasteiger partial charge in [0.1, 0.15) is 5.82 Å². The summed E-state index contributed by atoms with van der Waals surface area (Å²) < 4.78 is 14.7. The van der Waals surface area contributed by atoms with Crippen LogP contribution >= 0.6 is 0 Å². The lowest BCUT2D eigenvalue weighted by Crippen LogP contribution is -2.27. The molecule has 0 bridgehead atoms. The number of nitrogens with zero attached hydrogens (tertiary/aromatic N) is 2. The quantitative estimate of drug-likeness (QED) is 0.856. The molecule has 1 aliphatic heterocycles. The first kappa shape index (κ1) is 12.3. The number of hydrogen-bond donors (Lipinski definition) is 1. The molecule has 1 aliphatic rings. The van der Waals surface area contributed by atoms with E-state index in [0.29, 0.717) is 11.4 Å². The molecule has 0 spiro atoms. The van der Waals surface area contributed by atoms with Gasteiger partial charge in [0.05, 0.1) is 11.2 Å². The molecule has 0 radical (unpaired) electrons. The Morgan fingerprint density at radius 2 is 2.16 bits per heavy atom. The number of hydrogen-bond acceptors (Lipinski definition) is 3. The van der Waals surface area contributed by atoms with Gasteiger partial charge in [0.25, 0.3) is 0 Å². The van der Waals surface area contributed by atoms with Gasteiger partial charge >= 0.3 is 0 Å². The predicted octanol–water partition coefficient (Wildman–Crippen LogP) is 2.30. The molecule has 1 aromatic heterocycles. The number of nitrogens with one attached hydrogen (secondary N) is 1. The number of rotatable bonds is 1. The Kier molecular flexibility index (Phi) is 3.06. The SMILES string of the molecule is CC(=O)n1nc(C2CCNCC2)c2ccc(F)cc21. The first-order chi connectivity index (χ1) is 9.16. The van der Waals surface area contributed by atoms with Gasteiger partial charge in [0.15, 0.2) is 0 Å². The summed E-state index contributed by atoms with van der Waals surface area (Å²) in [6.07, 6.45) is 2.00. The van der Waals surface area contributed by atoms with Crippen LogP contribution in [0.1, 0.15) is 36.2 Å². The standard InChI is InChI=1S/C14H16FN3O/c1-9(19)18-13-8-11(15)2-3-12(13)14(17-18)10-4-6-16-7-5-10/h2-3,8,10,16H,4-7H2,1H3. The van der Waals surface area contributed by atoms with E-state index in [1.54, 1.807) is 6.07 Å². The second-order valence-corrected chi connectivity index (χ2v) is 5.00. The summed E-state index contributed by atoms with van der Waals surface area (Å²) in [5, 5.41) is 8.63. The molecule has 19 heavy (non-hydrogen) atoms. The largest absolute Gasteiger partial charge is 0.317 e. The summed E-state index contributed by atoms with van der Waals surface area (Å²) in [6, 6.07) is 4.54. The van der Waals surface area contributed by atoms with Crippen LogP contribution in [0.2, 0.25) is 0 Å². The van der Waals surface area contributed by atoms with Gasteiger partial charge in [-0.15, -0.1) is 0 Å². The minimum Gasteiger partial charge on any atom is -0.317 e. The maximum absolute atomic E-state index is 13.4. The minimum absolute atomic E-state index is 0.184. The van der Waals surface area contributed by atoms with Crippen LogP contribution < -0.4 is 5.32 Å². The van der Waals surface area contributed by atoms with Gasteiger partial charge in [0.2, 0.25) is 5.91 Å². The summed E-state index contributed by atoms with van der Waals surface area (Å²) in [4.78, 5) is 11.6. The van der Waals surface area contributed by atoms with Crippen LogP contribution in [0.5, 0.6) is 0 Å². The van der Waals surface area contributed by atoms with Crippen LogP contribution in [0, 0.1) is 5.82 Å². The third-order valence-corrected chi connectivity index (χ3v) is 3.70. The van der Waals surface area contributed by atoms with Crippen LogP contribution in [0.4, 0.5) is 4.39 Å². The summed E-state index contributed by atoms with van der Waals surface area (Å²) >= 11 is 0. The molecule has 2 heterocycles. The van der Waals surface area contributed by atoms with E-state index in [-0.39, 0.29) is 11.7 Å². The molecule has 0 aliphatic carbocycles. The van der Waals surface area contributed by atoms with Crippen molar-refractivity contribution in [3.63, 3.8) is 0 Å². The van der Waals surface area contributed by atoms with Crippen molar-refractivity contribution in [2.45, 2.75) is 25.7 Å². The Hall–Kier alpha value is -1.75. The highest BCUT2D eigenvalue weighted by molar-refractivity contribution is 5.91. The number of carbonyl (C=O) groups excluding carboxylic acids is 1. The highest BCUT2D eigenvalue weighted by atomic mass is 19.1. The van der Waals surface area contributed by atoms with E-state index in [2.05, 4.69) is 10.4 Å². The average Bonchev–Trinajstić information content (AvgIpc) is 2.78. The topological polar surface area (TPSA) is 46.9 Å². The first-order valence-electron chi connectivity index (χ1n) is 6.56. The van der Waals surface area contributed by atoms with Crippen molar-refractivity contribution in [3.05, 3.63) is 29.7 Å². The van der Waals surface area contributed by atoms with Gasteiger partial charge in [-0.25, -0.2) is 4.39 Å². The van der Waals surface area contributed by atoms with E-state index >= 15 is 0 Å². The number of halogens is 1. The minimum atomic E-state index is -0.341. The predicted molar refractivity (Wildman–Crippen MR) is 70.8 cm³/mol. The van der Waals surface area contributed by atoms with Crippen LogP contribution in [-0.4, -0.2) is 28.8 Å². The van der Waals surface area contributed by atoms with Crippen LogP contribution in [-0.2, 0) is 0 Å². The zero-order chi connectivity index (χ0) is 13.4. The first-order valence-corrected chi connectivity index (χ1v) is 6.56. The zero-order valence-corrected chi connectivity index (χ0v) is 10.8. The molecule has 4 nitrogen and oxygen atoms in total. The van der Waals surface area contributed by atoms with Crippen molar-refractivity contribution < 1.29 is 9.18 Å². The van der Waals surface area contributed by atoms with E-state index in [9.17, 15) is 9.18 Å². The molecule has 100 valence electrons. The van der Waals surface area contributed by atoms with E-state index in [1.165, 1.54) is 23.7 Å². The molecule has 1 fully saturated rings. The van der Waals surface area contributed by atoms with Crippen LogP contribution in [0.25, 0.3) is 10.9 Å². The molecule has 1 aromatic carbocycles. The molecule has 0 saturated carbocycles. The van der Waals surface area contributed by atoms with Crippen molar-refractivity contribution in [2.24, 2.45) is 0 Å². The Bertz CT molecular complexity index is 629. The van der Waals surface area contributed by atoms with E-state index in [0.717, 1.165) is 37.0 Å². The Labute approximate surface area is 110 Å². The Morgan fingerprint density at radius 1 is 1.42 bits per heavy atom. The molecule has 0 unspecified atom stereocenters. The summed E-state index contributed by atoms with van der Waals surface area (Å²) in [5.41, 5.74) is 1.49. The highest BCUT2D eigenvalue weighted by Gasteiger charge is 2.23. The van der Waals surface area contributed by atoms with Crippen LogP contribution in [0.15, 0.2) is 18.2 Å². The lowest BCUT2D eigenvalue weighted by atomic mass is 9.92. The lowest BCUT2D eigenvalue weighted by molar-refractivity contribution is 0.0926. The van der Waals surface area contributed by atoms with Crippen molar-refractivity contribution in [1.82, 2.24) is 15.1 Å². The highest BCUT2D eigenvalue weighted by Crippen LogP contribution is 2.31. The van der Waals surface area contributed by atoms with Gasteiger partial charge in [-0.05, 0) is 38.1 Å². The fourth-order valence-corrected chi connectivity index (χ4v) is 2.75. The second kappa shape index (κ2) is 4.74. The Balaban J connectivity index is 2.16. The third kappa shape index (κ3) is 2.14. The molecule has 0 amide bonds. The molecule has 1 N–H and O–H groups in total. The number of aromatic nitrogens is 2. The van der Waals surface area contributed by atoms with E-state index in [4.69, 9.17) is 0 Å². The van der Waals surface area contributed by atoms with Gasteiger partial charge in [-0.2, -0.15) is 9.78 Å².